The fraction of sp³-hybridized carbons (Fsp3) is 0.286. The summed E-state index contributed by atoms with van der Waals surface area (Å²) < 4.78 is 0. The van der Waals surface area contributed by atoms with Crippen molar-refractivity contribution in [1.82, 2.24) is 0 Å². The first kappa shape index (κ1) is 9.12. The van der Waals surface area contributed by atoms with Gasteiger partial charge in [-0.25, -0.2) is 4.79 Å². The number of rotatable bonds is 4. The lowest BCUT2D eigenvalue weighted by Gasteiger charge is -1.85. The third kappa shape index (κ3) is 7.12. The van der Waals surface area contributed by atoms with Crippen LogP contribution in [0.4, 0.5) is 0 Å². The first-order valence-corrected chi connectivity index (χ1v) is 3.77. The van der Waals surface area contributed by atoms with Crippen molar-refractivity contribution < 1.29 is 9.90 Å². The van der Waals surface area contributed by atoms with Crippen molar-refractivity contribution in [2.24, 2.45) is 0 Å². The summed E-state index contributed by atoms with van der Waals surface area (Å²) in [7, 11) is 0. The quantitative estimate of drug-likeness (QED) is 0.379. The highest BCUT2D eigenvalue weighted by Crippen LogP contribution is 2.02. The highest BCUT2D eigenvalue weighted by Gasteiger charge is 1.84. The summed E-state index contributed by atoms with van der Waals surface area (Å²) in [6, 6.07) is 0. The van der Waals surface area contributed by atoms with Gasteiger partial charge >= 0.3 is 5.97 Å². The van der Waals surface area contributed by atoms with Crippen LogP contribution >= 0.6 is 11.8 Å². The molecule has 0 unspecified atom stereocenters. The third-order valence-corrected chi connectivity index (χ3v) is 1.44. The Labute approximate surface area is 64.3 Å². The van der Waals surface area contributed by atoms with E-state index in [0.717, 1.165) is 11.8 Å². The molecule has 0 aromatic carbocycles. The number of thioether (sulfide) groups is 1. The second-order valence-corrected chi connectivity index (χ2v) is 2.48. The van der Waals surface area contributed by atoms with E-state index in [9.17, 15) is 4.79 Å². The zero-order valence-electron chi connectivity index (χ0n) is 5.41. The van der Waals surface area contributed by atoms with Crippen LogP contribution in [0.5, 0.6) is 0 Å². The normalized spacial score (nSPS) is 9.50. The zero-order chi connectivity index (χ0) is 7.82. The highest BCUT2D eigenvalue weighted by molar-refractivity contribution is 8.02. The van der Waals surface area contributed by atoms with Gasteiger partial charge in [-0.15, -0.1) is 24.1 Å². The van der Waals surface area contributed by atoms with E-state index in [0.29, 0.717) is 6.42 Å². The molecule has 0 bridgehead atoms. The van der Waals surface area contributed by atoms with Crippen LogP contribution in [0, 0.1) is 12.3 Å². The van der Waals surface area contributed by atoms with Crippen molar-refractivity contribution >= 4 is 17.7 Å². The van der Waals surface area contributed by atoms with Gasteiger partial charge < -0.3 is 5.11 Å². The molecule has 0 atom stereocenters. The molecule has 0 heterocycles. The fourth-order valence-electron chi connectivity index (χ4n) is 0.292. The average Bonchev–Trinajstić information content (AvgIpc) is 1.87. The van der Waals surface area contributed by atoms with Gasteiger partial charge in [-0.3, -0.25) is 0 Å². The second kappa shape index (κ2) is 6.24. The van der Waals surface area contributed by atoms with Crippen LogP contribution in [0.25, 0.3) is 0 Å². The van der Waals surface area contributed by atoms with Crippen molar-refractivity contribution in [1.29, 1.82) is 0 Å². The smallest absolute Gasteiger partial charge is 0.328 e. The van der Waals surface area contributed by atoms with Crippen LogP contribution < -0.4 is 0 Å². The van der Waals surface area contributed by atoms with E-state index in [1.165, 1.54) is 17.2 Å². The van der Waals surface area contributed by atoms with Gasteiger partial charge in [-0.05, 0) is 5.41 Å². The number of hydrogen-bond acceptors (Lipinski definition) is 2. The van der Waals surface area contributed by atoms with Crippen LogP contribution in [-0.4, -0.2) is 16.8 Å². The second-order valence-electron chi connectivity index (χ2n) is 1.47. The molecule has 0 aromatic rings. The molecule has 54 valence electrons. The van der Waals surface area contributed by atoms with Crippen molar-refractivity contribution in [2.75, 3.05) is 5.75 Å². The van der Waals surface area contributed by atoms with E-state index in [-0.39, 0.29) is 0 Å². The molecule has 0 fully saturated rings. The number of carbonyl (C=O) groups is 1. The summed E-state index contributed by atoms with van der Waals surface area (Å²) in [5.41, 5.74) is 0. The number of terminal acetylenes is 1. The summed E-state index contributed by atoms with van der Waals surface area (Å²) in [5, 5.41) is 9.66. The predicted molar refractivity (Wildman–Crippen MR) is 42.7 cm³/mol. The topological polar surface area (TPSA) is 37.3 Å². The maximum atomic E-state index is 9.89. The average molecular weight is 156 g/mol. The molecule has 10 heavy (non-hydrogen) atoms. The maximum absolute atomic E-state index is 9.89. The van der Waals surface area contributed by atoms with Crippen LogP contribution in [0.1, 0.15) is 6.42 Å². The summed E-state index contributed by atoms with van der Waals surface area (Å²) in [6.07, 6.45) is 6.74. The first-order chi connectivity index (χ1) is 4.77. The van der Waals surface area contributed by atoms with Gasteiger partial charge in [0, 0.05) is 18.2 Å². The molecule has 0 aromatic heterocycles. The SMILES string of the molecule is C#CCCS/C=C/C(=O)O. The minimum absolute atomic E-state index is 0.675. The highest BCUT2D eigenvalue weighted by atomic mass is 32.2. The summed E-state index contributed by atoms with van der Waals surface area (Å²) in [4.78, 5) is 9.89. The van der Waals surface area contributed by atoms with E-state index in [2.05, 4.69) is 5.92 Å². The van der Waals surface area contributed by atoms with Crippen molar-refractivity contribution in [2.45, 2.75) is 6.42 Å². The van der Waals surface area contributed by atoms with Crippen LogP contribution in [0.3, 0.4) is 0 Å². The first-order valence-electron chi connectivity index (χ1n) is 2.72. The molecular formula is C7H8O2S. The van der Waals surface area contributed by atoms with Crippen molar-refractivity contribution in [3.63, 3.8) is 0 Å². The molecule has 3 heteroatoms. The van der Waals surface area contributed by atoms with E-state index >= 15 is 0 Å². The van der Waals surface area contributed by atoms with Gasteiger partial charge in [0.2, 0.25) is 0 Å². The monoisotopic (exact) mass is 156 g/mol. The molecule has 0 spiro atoms. The van der Waals surface area contributed by atoms with E-state index in [4.69, 9.17) is 11.5 Å². The Morgan fingerprint density at radius 3 is 3.00 bits per heavy atom. The van der Waals surface area contributed by atoms with Crippen LogP contribution in [-0.2, 0) is 4.79 Å². The largest absolute Gasteiger partial charge is 0.478 e. The molecule has 0 amide bonds. The standard InChI is InChI=1S/C7H8O2S/c1-2-3-5-10-6-4-7(8)9/h1,4,6H,3,5H2,(H,8,9)/b6-4+. The van der Waals surface area contributed by atoms with Gasteiger partial charge in [0.05, 0.1) is 0 Å². The Bertz CT molecular complexity index is 167. The van der Waals surface area contributed by atoms with Gasteiger partial charge in [0.15, 0.2) is 0 Å². The van der Waals surface area contributed by atoms with E-state index in [1.807, 2.05) is 0 Å². The Hall–Kier alpha value is -0.880. The summed E-state index contributed by atoms with van der Waals surface area (Å²) in [5.74, 6) is 2.31. The van der Waals surface area contributed by atoms with Gasteiger partial charge in [0.1, 0.15) is 0 Å². The van der Waals surface area contributed by atoms with Crippen molar-refractivity contribution in [3.05, 3.63) is 11.5 Å². The molecular weight excluding hydrogens is 148 g/mol. The number of aliphatic carboxylic acids is 1. The third-order valence-electron chi connectivity index (χ3n) is 0.671. The Balaban J connectivity index is 3.20. The number of carboxylic acid groups (broad SMARTS) is 1. The molecule has 0 rings (SSSR count). The molecule has 2 nitrogen and oxygen atoms in total. The Morgan fingerprint density at radius 2 is 2.50 bits per heavy atom. The molecule has 0 aliphatic carbocycles. The van der Waals surface area contributed by atoms with E-state index < -0.39 is 5.97 Å². The minimum Gasteiger partial charge on any atom is -0.478 e. The molecule has 0 saturated carbocycles. The van der Waals surface area contributed by atoms with Crippen LogP contribution in [0.2, 0.25) is 0 Å². The Morgan fingerprint density at radius 1 is 1.80 bits per heavy atom. The Kier molecular flexibility index (Phi) is 5.69. The molecule has 1 N–H and O–H groups in total. The molecule has 0 saturated heterocycles. The molecule has 0 aliphatic heterocycles. The van der Waals surface area contributed by atoms with Gasteiger partial charge in [-0.2, -0.15) is 0 Å². The van der Waals surface area contributed by atoms with Gasteiger partial charge in [0.25, 0.3) is 0 Å². The molecule has 0 radical (unpaired) electrons. The van der Waals surface area contributed by atoms with Gasteiger partial charge in [-0.1, -0.05) is 0 Å². The lowest BCUT2D eigenvalue weighted by Crippen LogP contribution is -1.84. The van der Waals surface area contributed by atoms with Crippen molar-refractivity contribution in [3.8, 4) is 12.3 Å². The fourth-order valence-corrected chi connectivity index (χ4v) is 0.877. The van der Waals surface area contributed by atoms with E-state index in [1.54, 1.807) is 0 Å². The predicted octanol–water partition coefficient (Wildman–Crippen LogP) is 1.34. The lowest BCUT2D eigenvalue weighted by molar-refractivity contribution is -0.131. The lowest BCUT2D eigenvalue weighted by atomic mass is 10.5. The number of carboxylic acids is 1. The maximum Gasteiger partial charge on any atom is 0.328 e. The summed E-state index contributed by atoms with van der Waals surface area (Å²) >= 11 is 1.40. The summed E-state index contributed by atoms with van der Waals surface area (Å²) in [6.45, 7) is 0. The minimum atomic E-state index is -0.923. The molecule has 0 aliphatic rings. The number of hydrogen-bond donors (Lipinski definition) is 1. The zero-order valence-corrected chi connectivity index (χ0v) is 6.23. The van der Waals surface area contributed by atoms with Crippen LogP contribution in [0.15, 0.2) is 11.5 Å².